The van der Waals surface area contributed by atoms with Gasteiger partial charge in [-0.05, 0) is 23.8 Å². The highest BCUT2D eigenvalue weighted by Gasteiger charge is 2.24. The van der Waals surface area contributed by atoms with Crippen LogP contribution in [0.25, 0.3) is 28.2 Å². The van der Waals surface area contributed by atoms with Crippen LogP contribution in [0.5, 0.6) is 0 Å². The number of ketones is 1. The molecule has 5 nitrogen and oxygen atoms in total. The predicted octanol–water partition coefficient (Wildman–Crippen LogP) is 5.19. The summed E-state index contributed by atoms with van der Waals surface area (Å²) < 4.78 is 0.913. The Morgan fingerprint density at radius 2 is 1.50 bits per heavy atom. The number of allylic oxidation sites excluding steroid dienone is 1. The molecule has 0 aliphatic rings. The van der Waals surface area contributed by atoms with Gasteiger partial charge in [0, 0.05) is 10.9 Å². The molecule has 0 spiro atoms. The lowest BCUT2D eigenvalue weighted by Crippen LogP contribution is -2.00. The summed E-state index contributed by atoms with van der Waals surface area (Å²) in [6.07, 6.45) is 3.15. The van der Waals surface area contributed by atoms with E-state index in [1.165, 1.54) is 18.2 Å². The zero-order valence-corrected chi connectivity index (χ0v) is 15.8. The van der Waals surface area contributed by atoms with Crippen LogP contribution in [0.2, 0.25) is 0 Å². The third-order valence-electron chi connectivity index (χ3n) is 4.84. The van der Waals surface area contributed by atoms with Gasteiger partial charge < -0.3 is 5.21 Å². The van der Waals surface area contributed by atoms with Gasteiger partial charge in [-0.15, -0.1) is 0 Å². The third kappa shape index (κ3) is 3.22. The lowest BCUT2D eigenvalue weighted by molar-refractivity contribution is 0.104. The first kappa shape index (κ1) is 18.7. The monoisotopic (exact) mass is 389 g/mol. The minimum atomic E-state index is -0.316. The highest BCUT2D eigenvalue weighted by molar-refractivity contribution is 6.19. The molecule has 4 aromatic rings. The van der Waals surface area contributed by atoms with E-state index in [9.17, 15) is 20.5 Å². The van der Waals surface area contributed by atoms with Gasteiger partial charge >= 0.3 is 0 Å². The van der Waals surface area contributed by atoms with Crippen LogP contribution in [0.1, 0.15) is 27.0 Å². The minimum absolute atomic E-state index is 0.135. The molecule has 0 saturated heterocycles. The van der Waals surface area contributed by atoms with Crippen LogP contribution in [0.15, 0.2) is 78.9 Å². The van der Waals surface area contributed by atoms with Crippen molar-refractivity contribution in [3.8, 4) is 23.4 Å². The molecule has 142 valence electrons. The van der Waals surface area contributed by atoms with E-state index in [1.54, 1.807) is 18.2 Å². The quantitative estimate of drug-likeness (QED) is 0.296. The van der Waals surface area contributed by atoms with E-state index in [2.05, 4.69) is 0 Å². The van der Waals surface area contributed by atoms with E-state index in [-0.39, 0.29) is 22.5 Å². The number of carbonyl (C=O) groups excluding carboxylic acids is 1. The van der Waals surface area contributed by atoms with E-state index >= 15 is 0 Å². The molecule has 0 radical (unpaired) electrons. The van der Waals surface area contributed by atoms with Crippen molar-refractivity contribution in [2.75, 3.05) is 0 Å². The molecule has 0 atom stereocenters. The van der Waals surface area contributed by atoms with Crippen LogP contribution >= 0.6 is 0 Å². The van der Waals surface area contributed by atoms with Gasteiger partial charge in [0.05, 0.1) is 27.9 Å². The second-order valence-electron chi connectivity index (χ2n) is 6.65. The number of fused-ring (bicyclic) bond motifs is 1. The summed E-state index contributed by atoms with van der Waals surface area (Å²) in [6.45, 7) is 0. The maximum atomic E-state index is 13.2. The number of aromatic nitrogens is 1. The molecule has 0 bridgehead atoms. The Hall–Kier alpha value is -4.61. The largest absolute Gasteiger partial charge is 0.428 e. The molecule has 3 aromatic carbocycles. The Morgan fingerprint density at radius 3 is 2.13 bits per heavy atom. The second-order valence-corrected chi connectivity index (χ2v) is 6.65. The molecule has 0 aliphatic carbocycles. The fourth-order valence-corrected chi connectivity index (χ4v) is 3.43. The Balaban J connectivity index is 1.98. The molecule has 0 fully saturated rings. The van der Waals surface area contributed by atoms with Crippen molar-refractivity contribution >= 4 is 22.8 Å². The maximum absolute atomic E-state index is 13.2. The number of carbonyl (C=O) groups is 1. The van der Waals surface area contributed by atoms with Crippen LogP contribution in [0.3, 0.4) is 0 Å². The van der Waals surface area contributed by atoms with Crippen molar-refractivity contribution in [2.24, 2.45) is 0 Å². The first-order valence-electron chi connectivity index (χ1n) is 9.19. The van der Waals surface area contributed by atoms with Crippen molar-refractivity contribution in [1.82, 2.24) is 4.73 Å². The van der Waals surface area contributed by atoms with Gasteiger partial charge in [0.15, 0.2) is 5.78 Å². The molecule has 5 heteroatoms. The standard InChI is InChI=1S/C25H15N3O2/c26-15-19-13-21-22(14-20(19)16-27)28(30)25(18-9-5-2-6-10-18)24(21)23(29)12-11-17-7-3-1-4-8-17/h1-14,30H/b12-11+. The molecule has 0 amide bonds. The highest BCUT2D eigenvalue weighted by atomic mass is 16.5. The number of benzene rings is 3. The van der Waals surface area contributed by atoms with E-state index in [0.29, 0.717) is 22.2 Å². The lowest BCUT2D eigenvalue weighted by Gasteiger charge is -2.05. The smallest absolute Gasteiger partial charge is 0.188 e. The van der Waals surface area contributed by atoms with Crippen LogP contribution in [-0.4, -0.2) is 15.7 Å². The number of nitrogens with zero attached hydrogens (tertiary/aromatic N) is 3. The fraction of sp³-hybridized carbons (Fsp3) is 0. The molecular formula is C25H15N3O2. The summed E-state index contributed by atoms with van der Waals surface area (Å²) >= 11 is 0. The van der Waals surface area contributed by atoms with E-state index in [0.717, 1.165) is 10.3 Å². The van der Waals surface area contributed by atoms with Crippen LogP contribution in [0, 0.1) is 22.7 Å². The predicted molar refractivity (Wildman–Crippen MR) is 114 cm³/mol. The molecule has 0 unspecified atom stereocenters. The summed E-state index contributed by atoms with van der Waals surface area (Å²) in [4.78, 5) is 13.2. The summed E-state index contributed by atoms with van der Waals surface area (Å²) in [5.41, 5.74) is 2.67. The van der Waals surface area contributed by atoms with E-state index < -0.39 is 0 Å². The van der Waals surface area contributed by atoms with Crippen molar-refractivity contribution < 1.29 is 10.0 Å². The topological polar surface area (TPSA) is 89.8 Å². The summed E-state index contributed by atoms with van der Waals surface area (Å²) in [6, 6.07) is 25.3. The van der Waals surface area contributed by atoms with Crippen molar-refractivity contribution in [1.29, 1.82) is 10.5 Å². The summed E-state index contributed by atoms with van der Waals surface area (Å²) in [5.74, 6) is -0.316. The molecule has 0 saturated carbocycles. The van der Waals surface area contributed by atoms with Gasteiger partial charge in [0.2, 0.25) is 0 Å². The van der Waals surface area contributed by atoms with Crippen LogP contribution in [-0.2, 0) is 0 Å². The number of rotatable bonds is 4. The molecule has 1 heterocycles. The van der Waals surface area contributed by atoms with Crippen LogP contribution in [0.4, 0.5) is 0 Å². The maximum Gasteiger partial charge on any atom is 0.188 e. The molecule has 1 aromatic heterocycles. The normalized spacial score (nSPS) is 10.7. The zero-order valence-electron chi connectivity index (χ0n) is 15.8. The number of nitriles is 2. The van der Waals surface area contributed by atoms with Gasteiger partial charge in [0.1, 0.15) is 12.1 Å². The average Bonchev–Trinajstić information content (AvgIpc) is 3.09. The van der Waals surface area contributed by atoms with Crippen LogP contribution < -0.4 is 0 Å². The Morgan fingerprint density at radius 1 is 0.900 bits per heavy atom. The lowest BCUT2D eigenvalue weighted by atomic mass is 9.98. The van der Waals surface area contributed by atoms with Crippen molar-refractivity contribution in [3.63, 3.8) is 0 Å². The minimum Gasteiger partial charge on any atom is -0.428 e. The van der Waals surface area contributed by atoms with Gasteiger partial charge in [-0.2, -0.15) is 15.3 Å². The Labute approximate surface area is 172 Å². The zero-order chi connectivity index (χ0) is 21.1. The van der Waals surface area contributed by atoms with Gasteiger partial charge in [-0.25, -0.2) is 0 Å². The fourth-order valence-electron chi connectivity index (χ4n) is 3.43. The first-order chi connectivity index (χ1) is 14.6. The van der Waals surface area contributed by atoms with Gasteiger partial charge in [0.25, 0.3) is 0 Å². The average molecular weight is 389 g/mol. The SMILES string of the molecule is N#Cc1cc2c(C(=O)/C=C/c3ccccc3)c(-c3ccccc3)n(O)c2cc1C#N. The number of hydrogen-bond donors (Lipinski definition) is 1. The van der Waals surface area contributed by atoms with E-state index in [4.69, 9.17) is 0 Å². The summed E-state index contributed by atoms with van der Waals surface area (Å²) in [7, 11) is 0. The number of hydrogen-bond acceptors (Lipinski definition) is 4. The molecule has 30 heavy (non-hydrogen) atoms. The Bertz CT molecular complexity index is 1370. The van der Waals surface area contributed by atoms with Gasteiger partial charge in [-0.3, -0.25) is 4.79 Å². The van der Waals surface area contributed by atoms with Gasteiger partial charge in [-0.1, -0.05) is 66.7 Å². The molecular weight excluding hydrogens is 374 g/mol. The summed E-state index contributed by atoms with van der Waals surface area (Å²) in [5, 5.41) is 30.1. The molecule has 0 aliphatic heterocycles. The first-order valence-corrected chi connectivity index (χ1v) is 9.19. The Kier molecular flexibility index (Phi) is 4.87. The molecule has 1 N–H and O–H groups in total. The van der Waals surface area contributed by atoms with Crippen molar-refractivity contribution in [3.05, 3.63) is 101 Å². The van der Waals surface area contributed by atoms with E-state index in [1.807, 2.05) is 60.7 Å². The second kappa shape index (κ2) is 7.79. The highest BCUT2D eigenvalue weighted by Crippen LogP contribution is 2.35. The van der Waals surface area contributed by atoms with Crippen molar-refractivity contribution in [2.45, 2.75) is 0 Å². The molecule has 4 rings (SSSR count). The third-order valence-corrected chi connectivity index (χ3v) is 4.84.